The second-order valence-electron chi connectivity index (χ2n) is 4.59. The molecule has 0 saturated carbocycles. The Morgan fingerprint density at radius 2 is 1.64 bits per heavy atom. The van der Waals surface area contributed by atoms with E-state index in [9.17, 15) is 9.59 Å². The van der Waals surface area contributed by atoms with Gasteiger partial charge in [-0.1, -0.05) is 18.2 Å². The monoisotopic (exact) mass is 362 g/mol. The zero-order valence-electron chi connectivity index (χ0n) is 12.1. The quantitative estimate of drug-likeness (QED) is 0.822. The maximum atomic E-state index is 12.0. The third kappa shape index (κ3) is 3.85. The van der Waals surface area contributed by atoms with Gasteiger partial charge in [0.1, 0.15) is 5.75 Å². The summed E-state index contributed by atoms with van der Waals surface area (Å²) in [6.45, 7) is 1.94. The van der Waals surface area contributed by atoms with Crippen LogP contribution < -0.4 is 15.4 Å². The number of nitrogens with one attached hydrogen (secondary N) is 2. The van der Waals surface area contributed by atoms with Gasteiger partial charge in [-0.3, -0.25) is 9.59 Å². The number of carbonyl (C=O) groups excluding carboxylic acids is 2. The number of hydrogen-bond donors (Lipinski definition) is 2. The van der Waals surface area contributed by atoms with Gasteiger partial charge in [-0.2, -0.15) is 0 Å². The minimum atomic E-state index is -0.767. The molecule has 22 heavy (non-hydrogen) atoms. The average Bonchev–Trinajstić information content (AvgIpc) is 2.50. The summed E-state index contributed by atoms with van der Waals surface area (Å²) in [4.78, 5) is 23.9. The second kappa shape index (κ2) is 7.09. The SMILES string of the molecule is COc1ccccc1NC(=O)C(=O)Nc1ccc(C)cc1Br. The van der Waals surface area contributed by atoms with Gasteiger partial charge >= 0.3 is 11.8 Å². The van der Waals surface area contributed by atoms with Gasteiger partial charge in [-0.05, 0) is 52.7 Å². The maximum absolute atomic E-state index is 12.0. The Bertz CT molecular complexity index is 716. The van der Waals surface area contributed by atoms with Crippen LogP contribution in [0.5, 0.6) is 5.75 Å². The van der Waals surface area contributed by atoms with Crippen LogP contribution in [0, 0.1) is 6.92 Å². The van der Waals surface area contributed by atoms with Crippen LogP contribution in [0.1, 0.15) is 5.56 Å². The Balaban J connectivity index is 2.08. The Morgan fingerprint density at radius 1 is 1.00 bits per heavy atom. The van der Waals surface area contributed by atoms with Gasteiger partial charge in [0.2, 0.25) is 0 Å². The highest BCUT2D eigenvalue weighted by Crippen LogP contribution is 2.24. The van der Waals surface area contributed by atoms with Crippen molar-refractivity contribution in [2.45, 2.75) is 6.92 Å². The van der Waals surface area contributed by atoms with Crippen molar-refractivity contribution in [3.8, 4) is 5.75 Å². The number of aryl methyl sites for hydroxylation is 1. The van der Waals surface area contributed by atoms with Gasteiger partial charge in [0, 0.05) is 4.47 Å². The number of methoxy groups -OCH3 is 1. The standard InChI is InChI=1S/C16H15BrN2O3/c1-10-7-8-12(11(17)9-10)18-15(20)16(21)19-13-5-3-4-6-14(13)22-2/h3-9H,1-2H3,(H,18,20)(H,19,21). The van der Waals surface area contributed by atoms with Gasteiger partial charge in [-0.15, -0.1) is 0 Å². The van der Waals surface area contributed by atoms with E-state index in [1.54, 1.807) is 30.3 Å². The molecule has 0 bridgehead atoms. The molecule has 114 valence electrons. The van der Waals surface area contributed by atoms with Crippen molar-refractivity contribution < 1.29 is 14.3 Å². The van der Waals surface area contributed by atoms with Gasteiger partial charge in [0.05, 0.1) is 18.5 Å². The number of benzene rings is 2. The Hall–Kier alpha value is -2.34. The first-order valence-electron chi connectivity index (χ1n) is 6.52. The van der Waals surface area contributed by atoms with Crippen LogP contribution in [0.3, 0.4) is 0 Å². The minimum Gasteiger partial charge on any atom is -0.495 e. The first-order chi connectivity index (χ1) is 10.5. The molecule has 0 atom stereocenters. The van der Waals surface area contributed by atoms with E-state index in [0.29, 0.717) is 21.6 Å². The Morgan fingerprint density at radius 3 is 2.27 bits per heavy atom. The third-order valence-corrected chi connectivity index (χ3v) is 3.59. The van der Waals surface area contributed by atoms with Gasteiger partial charge < -0.3 is 15.4 Å². The summed E-state index contributed by atoms with van der Waals surface area (Å²) < 4.78 is 5.84. The van der Waals surface area contributed by atoms with Crippen LogP contribution in [0.15, 0.2) is 46.9 Å². The lowest BCUT2D eigenvalue weighted by Crippen LogP contribution is -2.29. The molecule has 0 heterocycles. The summed E-state index contributed by atoms with van der Waals surface area (Å²) in [5.74, 6) is -1.03. The summed E-state index contributed by atoms with van der Waals surface area (Å²) in [5, 5.41) is 5.08. The summed E-state index contributed by atoms with van der Waals surface area (Å²) in [6, 6.07) is 12.3. The van der Waals surface area contributed by atoms with E-state index >= 15 is 0 Å². The van der Waals surface area contributed by atoms with Crippen molar-refractivity contribution in [2.24, 2.45) is 0 Å². The predicted octanol–water partition coefficient (Wildman–Crippen LogP) is 3.34. The van der Waals surface area contributed by atoms with E-state index in [0.717, 1.165) is 5.56 Å². The van der Waals surface area contributed by atoms with E-state index in [4.69, 9.17) is 4.74 Å². The fraction of sp³-hybridized carbons (Fsp3) is 0.125. The lowest BCUT2D eigenvalue weighted by molar-refractivity contribution is -0.133. The Labute approximate surface area is 136 Å². The molecule has 5 nitrogen and oxygen atoms in total. The first-order valence-corrected chi connectivity index (χ1v) is 7.32. The van der Waals surface area contributed by atoms with Crippen LogP contribution in [0.2, 0.25) is 0 Å². The summed E-state index contributed by atoms with van der Waals surface area (Å²) >= 11 is 3.35. The van der Waals surface area contributed by atoms with Crippen LogP contribution in [-0.4, -0.2) is 18.9 Å². The van der Waals surface area contributed by atoms with Crippen molar-refractivity contribution in [3.05, 3.63) is 52.5 Å². The molecule has 0 aliphatic rings. The van der Waals surface area contributed by atoms with E-state index in [1.807, 2.05) is 19.1 Å². The highest BCUT2D eigenvalue weighted by atomic mass is 79.9. The van der Waals surface area contributed by atoms with Crippen molar-refractivity contribution in [1.29, 1.82) is 0 Å². The second-order valence-corrected chi connectivity index (χ2v) is 5.45. The van der Waals surface area contributed by atoms with Crippen LogP contribution in [0.25, 0.3) is 0 Å². The highest BCUT2D eigenvalue weighted by Gasteiger charge is 2.16. The molecule has 0 aliphatic carbocycles. The third-order valence-electron chi connectivity index (χ3n) is 2.93. The van der Waals surface area contributed by atoms with Gasteiger partial charge in [-0.25, -0.2) is 0 Å². The molecular formula is C16H15BrN2O3. The molecule has 2 rings (SSSR count). The van der Waals surface area contributed by atoms with Crippen molar-refractivity contribution in [2.75, 3.05) is 17.7 Å². The highest BCUT2D eigenvalue weighted by molar-refractivity contribution is 9.10. The zero-order chi connectivity index (χ0) is 16.1. The van der Waals surface area contributed by atoms with E-state index in [2.05, 4.69) is 26.6 Å². The smallest absolute Gasteiger partial charge is 0.314 e. The number of ether oxygens (including phenoxy) is 1. The fourth-order valence-electron chi connectivity index (χ4n) is 1.83. The molecule has 0 aromatic heterocycles. The van der Waals surface area contributed by atoms with Crippen molar-refractivity contribution >= 4 is 39.1 Å². The zero-order valence-corrected chi connectivity index (χ0v) is 13.7. The van der Waals surface area contributed by atoms with Gasteiger partial charge in [0.15, 0.2) is 0 Å². The van der Waals surface area contributed by atoms with Crippen LogP contribution >= 0.6 is 15.9 Å². The first kappa shape index (κ1) is 16.0. The predicted molar refractivity (Wildman–Crippen MR) is 89.1 cm³/mol. The molecular weight excluding hydrogens is 348 g/mol. The summed E-state index contributed by atoms with van der Waals surface area (Å²) in [6.07, 6.45) is 0. The summed E-state index contributed by atoms with van der Waals surface area (Å²) in [7, 11) is 1.49. The molecule has 0 radical (unpaired) electrons. The number of anilines is 2. The van der Waals surface area contributed by atoms with E-state index < -0.39 is 11.8 Å². The minimum absolute atomic E-state index is 0.438. The molecule has 0 fully saturated rings. The van der Waals surface area contributed by atoms with Crippen LogP contribution in [0.4, 0.5) is 11.4 Å². The topological polar surface area (TPSA) is 67.4 Å². The number of halogens is 1. The average molecular weight is 363 g/mol. The number of amides is 2. The Kier molecular flexibility index (Phi) is 5.16. The fourth-order valence-corrected chi connectivity index (χ4v) is 2.42. The van der Waals surface area contributed by atoms with Crippen molar-refractivity contribution in [3.63, 3.8) is 0 Å². The normalized spacial score (nSPS) is 9.95. The number of para-hydroxylation sites is 2. The molecule has 0 aliphatic heterocycles. The molecule has 0 unspecified atom stereocenters. The molecule has 2 amide bonds. The van der Waals surface area contributed by atoms with Crippen LogP contribution in [-0.2, 0) is 9.59 Å². The largest absolute Gasteiger partial charge is 0.495 e. The lowest BCUT2D eigenvalue weighted by atomic mass is 10.2. The molecule has 0 saturated heterocycles. The van der Waals surface area contributed by atoms with E-state index in [-0.39, 0.29) is 0 Å². The number of rotatable bonds is 3. The van der Waals surface area contributed by atoms with Gasteiger partial charge in [0.25, 0.3) is 0 Å². The summed E-state index contributed by atoms with van der Waals surface area (Å²) in [5.41, 5.74) is 2.02. The number of carbonyl (C=O) groups is 2. The molecule has 6 heteroatoms. The lowest BCUT2D eigenvalue weighted by Gasteiger charge is -2.11. The van der Waals surface area contributed by atoms with Crippen molar-refractivity contribution in [1.82, 2.24) is 0 Å². The molecule has 2 N–H and O–H groups in total. The maximum Gasteiger partial charge on any atom is 0.314 e. The van der Waals surface area contributed by atoms with E-state index in [1.165, 1.54) is 7.11 Å². The molecule has 2 aromatic rings. The molecule has 2 aromatic carbocycles. The number of hydrogen-bond acceptors (Lipinski definition) is 3. The molecule has 0 spiro atoms.